The molecule has 0 aromatic rings. The van der Waals surface area contributed by atoms with E-state index in [1.54, 1.807) is 0 Å². The van der Waals surface area contributed by atoms with E-state index in [1.807, 2.05) is 0 Å². The zero-order chi connectivity index (χ0) is 5.56. The van der Waals surface area contributed by atoms with Gasteiger partial charge < -0.3 is 10.1 Å². The average Bonchev–Trinajstić information content (AvgIpc) is 2.13. The van der Waals surface area contributed by atoms with Gasteiger partial charge in [-0.25, -0.2) is 0 Å². The van der Waals surface area contributed by atoms with Gasteiger partial charge in [-0.1, -0.05) is 0 Å². The van der Waals surface area contributed by atoms with Crippen LogP contribution in [0.2, 0.25) is 0 Å². The number of hydrogen-bond acceptors (Lipinski definition) is 2. The lowest BCUT2D eigenvalue weighted by Crippen LogP contribution is -2.33. The predicted octanol–water partition coefficient (Wildman–Crippen LogP) is -0.00690. The van der Waals surface area contributed by atoms with Crippen LogP contribution in [0.15, 0.2) is 0 Å². The van der Waals surface area contributed by atoms with Gasteiger partial charge in [-0.05, 0) is 6.92 Å². The summed E-state index contributed by atoms with van der Waals surface area (Å²) in [6.45, 7) is 4.20. The Morgan fingerprint density at radius 2 is 2.12 bits per heavy atom. The van der Waals surface area contributed by atoms with Crippen molar-refractivity contribution in [2.24, 2.45) is 5.92 Å². The lowest BCUT2D eigenvalue weighted by molar-refractivity contribution is -0.0327. The minimum absolute atomic E-state index is 0.767. The molecule has 2 heteroatoms. The van der Waals surface area contributed by atoms with Crippen molar-refractivity contribution in [3.8, 4) is 0 Å². The molecule has 0 aromatic carbocycles. The van der Waals surface area contributed by atoms with E-state index < -0.39 is 0 Å². The molecule has 2 saturated heterocycles. The summed E-state index contributed by atoms with van der Waals surface area (Å²) in [6.07, 6.45) is 0. The summed E-state index contributed by atoms with van der Waals surface area (Å²) >= 11 is 0. The van der Waals surface area contributed by atoms with Crippen LogP contribution < -0.4 is 5.32 Å². The summed E-state index contributed by atoms with van der Waals surface area (Å²) in [4.78, 5) is 0. The van der Waals surface area contributed by atoms with Gasteiger partial charge in [0.2, 0.25) is 0 Å². The standard InChI is InChI=1S/C6H11NO/c1-4-6(7-4)5-2-8-3-5/h4-7H,2-3H2,1H3/t4-,6+/m1/s1. The summed E-state index contributed by atoms with van der Waals surface area (Å²) in [5.41, 5.74) is 0. The molecule has 2 aliphatic heterocycles. The second kappa shape index (κ2) is 1.45. The molecule has 2 aliphatic rings. The van der Waals surface area contributed by atoms with E-state index in [-0.39, 0.29) is 0 Å². The van der Waals surface area contributed by atoms with Gasteiger partial charge in [-0.3, -0.25) is 0 Å². The van der Waals surface area contributed by atoms with Crippen molar-refractivity contribution in [2.75, 3.05) is 13.2 Å². The first kappa shape index (κ1) is 4.77. The third-order valence-corrected chi connectivity index (χ3v) is 2.06. The molecule has 0 amide bonds. The Labute approximate surface area is 49.2 Å². The van der Waals surface area contributed by atoms with E-state index in [9.17, 15) is 0 Å². The molecule has 0 aliphatic carbocycles. The average molecular weight is 113 g/mol. The Hall–Kier alpha value is -0.0800. The molecule has 0 saturated carbocycles. The van der Waals surface area contributed by atoms with Gasteiger partial charge in [-0.2, -0.15) is 0 Å². The molecular weight excluding hydrogens is 102 g/mol. The molecule has 2 atom stereocenters. The Kier molecular flexibility index (Phi) is 0.866. The van der Waals surface area contributed by atoms with Crippen molar-refractivity contribution in [3.63, 3.8) is 0 Å². The number of ether oxygens (including phenoxy) is 1. The van der Waals surface area contributed by atoms with Crippen molar-refractivity contribution in [1.29, 1.82) is 0 Å². The summed E-state index contributed by atoms with van der Waals surface area (Å²) in [5, 5.41) is 3.35. The molecule has 0 radical (unpaired) electrons. The number of hydrogen-bond donors (Lipinski definition) is 1. The molecule has 2 fully saturated rings. The van der Waals surface area contributed by atoms with E-state index in [0.717, 1.165) is 31.2 Å². The first-order valence-electron chi connectivity index (χ1n) is 3.22. The molecule has 1 N–H and O–H groups in total. The van der Waals surface area contributed by atoms with Crippen molar-refractivity contribution in [3.05, 3.63) is 0 Å². The number of rotatable bonds is 1. The summed E-state index contributed by atoms with van der Waals surface area (Å²) in [5.74, 6) is 0.838. The maximum Gasteiger partial charge on any atom is 0.0532 e. The van der Waals surface area contributed by atoms with Gasteiger partial charge in [0, 0.05) is 18.0 Å². The van der Waals surface area contributed by atoms with E-state index in [2.05, 4.69) is 12.2 Å². The van der Waals surface area contributed by atoms with Crippen LogP contribution in [-0.2, 0) is 4.74 Å². The van der Waals surface area contributed by atoms with Crippen LogP contribution in [0.5, 0.6) is 0 Å². The molecule has 2 nitrogen and oxygen atoms in total. The predicted molar refractivity (Wildman–Crippen MR) is 30.7 cm³/mol. The minimum Gasteiger partial charge on any atom is -0.381 e. The third kappa shape index (κ3) is 0.565. The number of nitrogens with one attached hydrogen (secondary N) is 1. The maximum atomic E-state index is 5.04. The maximum absolute atomic E-state index is 5.04. The smallest absolute Gasteiger partial charge is 0.0532 e. The van der Waals surface area contributed by atoms with Crippen LogP contribution in [0.25, 0.3) is 0 Å². The van der Waals surface area contributed by atoms with Crippen LogP contribution in [0.1, 0.15) is 6.92 Å². The fourth-order valence-electron chi connectivity index (χ4n) is 1.25. The molecule has 0 aromatic heterocycles. The van der Waals surface area contributed by atoms with Crippen LogP contribution in [0.3, 0.4) is 0 Å². The fraction of sp³-hybridized carbons (Fsp3) is 1.00. The monoisotopic (exact) mass is 113 g/mol. The largest absolute Gasteiger partial charge is 0.381 e. The van der Waals surface area contributed by atoms with E-state index in [1.165, 1.54) is 0 Å². The first-order valence-corrected chi connectivity index (χ1v) is 3.22. The summed E-state index contributed by atoms with van der Waals surface area (Å²) < 4.78 is 5.04. The van der Waals surface area contributed by atoms with Gasteiger partial charge in [0.15, 0.2) is 0 Å². The molecule has 2 rings (SSSR count). The van der Waals surface area contributed by atoms with Crippen molar-refractivity contribution in [2.45, 2.75) is 19.0 Å². The molecular formula is C6H11NO. The zero-order valence-corrected chi connectivity index (χ0v) is 5.05. The zero-order valence-electron chi connectivity index (χ0n) is 5.05. The van der Waals surface area contributed by atoms with Crippen molar-refractivity contribution < 1.29 is 4.74 Å². The van der Waals surface area contributed by atoms with Crippen LogP contribution in [0, 0.1) is 5.92 Å². The second-order valence-electron chi connectivity index (χ2n) is 2.78. The highest BCUT2D eigenvalue weighted by atomic mass is 16.5. The minimum atomic E-state index is 0.767. The molecule has 2 heterocycles. The quantitative estimate of drug-likeness (QED) is 0.485. The summed E-state index contributed by atoms with van der Waals surface area (Å²) in [6, 6.07) is 1.56. The molecule has 46 valence electrons. The van der Waals surface area contributed by atoms with Crippen LogP contribution in [-0.4, -0.2) is 25.3 Å². The van der Waals surface area contributed by atoms with Gasteiger partial charge >= 0.3 is 0 Å². The Morgan fingerprint density at radius 3 is 2.25 bits per heavy atom. The highest BCUT2D eigenvalue weighted by molar-refractivity contribution is 5.00. The van der Waals surface area contributed by atoms with Gasteiger partial charge in [0.1, 0.15) is 0 Å². The Morgan fingerprint density at radius 1 is 1.50 bits per heavy atom. The lowest BCUT2D eigenvalue weighted by Gasteiger charge is -2.24. The van der Waals surface area contributed by atoms with Gasteiger partial charge in [-0.15, -0.1) is 0 Å². The molecule has 0 unspecified atom stereocenters. The fourth-order valence-corrected chi connectivity index (χ4v) is 1.25. The van der Waals surface area contributed by atoms with E-state index in [4.69, 9.17) is 4.74 Å². The highest BCUT2D eigenvalue weighted by Gasteiger charge is 2.41. The SMILES string of the molecule is C[C@H]1N[C@@H]1C1COC1. The van der Waals surface area contributed by atoms with E-state index >= 15 is 0 Å². The second-order valence-corrected chi connectivity index (χ2v) is 2.78. The normalized spacial score (nSPS) is 46.1. The van der Waals surface area contributed by atoms with Crippen molar-refractivity contribution in [1.82, 2.24) is 5.32 Å². The topological polar surface area (TPSA) is 31.2 Å². The van der Waals surface area contributed by atoms with E-state index in [0.29, 0.717) is 0 Å². The van der Waals surface area contributed by atoms with Gasteiger partial charge in [0.05, 0.1) is 13.2 Å². The summed E-state index contributed by atoms with van der Waals surface area (Å²) in [7, 11) is 0. The molecule has 0 bridgehead atoms. The van der Waals surface area contributed by atoms with Crippen LogP contribution in [0.4, 0.5) is 0 Å². The van der Waals surface area contributed by atoms with Gasteiger partial charge in [0.25, 0.3) is 0 Å². The lowest BCUT2D eigenvalue weighted by atomic mass is 10.0. The van der Waals surface area contributed by atoms with Crippen molar-refractivity contribution >= 4 is 0 Å². The molecule has 8 heavy (non-hydrogen) atoms. The van der Waals surface area contributed by atoms with Crippen LogP contribution >= 0.6 is 0 Å². The third-order valence-electron chi connectivity index (χ3n) is 2.06. The first-order chi connectivity index (χ1) is 3.88. The molecule has 0 spiro atoms. The Bertz CT molecular complexity index is 97.9. The Balaban J connectivity index is 1.82. The highest BCUT2D eigenvalue weighted by Crippen LogP contribution is 2.25.